The quantitative estimate of drug-likeness (QED) is 0.417. The Hall–Kier alpha value is -1.84. The number of nitrogens with zero attached hydrogens (tertiary/aromatic N) is 2. The number of amides is 2. The first kappa shape index (κ1) is 21.5. The van der Waals surface area contributed by atoms with Gasteiger partial charge >= 0.3 is 0 Å². The number of nitrogens with one attached hydrogen (secondary N) is 1. The summed E-state index contributed by atoms with van der Waals surface area (Å²) in [7, 11) is 1.81. The standard InChI is InChI=1S/C17H22N4O4S.ClH/c1-20(13-7-11-3-4-12(8-13)19-11)16(22)9-26-15-5-2-10(17(18)23)6-14(15)21(24)25;/h2,5-6,11-13,19H,3-4,7-9H2,1H3,(H2,18,23);1H. The Morgan fingerprint density at radius 1 is 1.33 bits per heavy atom. The van der Waals surface area contributed by atoms with Crippen molar-refractivity contribution in [2.45, 2.75) is 48.7 Å². The lowest BCUT2D eigenvalue weighted by Crippen LogP contribution is -2.49. The van der Waals surface area contributed by atoms with Crippen molar-refractivity contribution in [3.8, 4) is 0 Å². The van der Waals surface area contributed by atoms with Gasteiger partial charge in [-0.05, 0) is 37.8 Å². The number of halogens is 1. The Labute approximate surface area is 167 Å². The highest BCUT2D eigenvalue weighted by atomic mass is 35.5. The van der Waals surface area contributed by atoms with Gasteiger partial charge in [-0.2, -0.15) is 0 Å². The summed E-state index contributed by atoms with van der Waals surface area (Å²) in [6.45, 7) is 0. The first-order chi connectivity index (χ1) is 12.3. The van der Waals surface area contributed by atoms with E-state index in [1.807, 2.05) is 7.05 Å². The number of rotatable bonds is 6. The molecular weight excluding hydrogens is 392 g/mol. The fraction of sp³-hybridized carbons (Fsp3) is 0.529. The van der Waals surface area contributed by atoms with Crippen LogP contribution in [0.5, 0.6) is 0 Å². The van der Waals surface area contributed by atoms with Crippen LogP contribution in [0.1, 0.15) is 36.0 Å². The van der Waals surface area contributed by atoms with E-state index in [1.54, 1.807) is 4.90 Å². The van der Waals surface area contributed by atoms with Gasteiger partial charge in [-0.15, -0.1) is 24.2 Å². The highest BCUT2D eigenvalue weighted by Crippen LogP contribution is 2.32. The van der Waals surface area contributed by atoms with Crippen molar-refractivity contribution in [1.29, 1.82) is 0 Å². The number of nitrogens with two attached hydrogens (primary N) is 1. The minimum atomic E-state index is -0.721. The molecule has 10 heteroatoms. The second kappa shape index (κ2) is 8.90. The summed E-state index contributed by atoms with van der Waals surface area (Å²) in [5.41, 5.74) is 5.04. The number of benzene rings is 1. The first-order valence-electron chi connectivity index (χ1n) is 8.58. The second-order valence-corrected chi connectivity index (χ2v) is 7.88. The fourth-order valence-electron chi connectivity index (χ4n) is 3.72. The van der Waals surface area contributed by atoms with Crippen LogP contribution in [-0.2, 0) is 4.79 Å². The predicted octanol–water partition coefficient (Wildman–Crippen LogP) is 1.95. The summed E-state index contributed by atoms with van der Waals surface area (Å²) in [4.78, 5) is 36.6. The molecule has 2 bridgehead atoms. The Morgan fingerprint density at radius 3 is 2.52 bits per heavy atom. The molecule has 0 spiro atoms. The zero-order chi connectivity index (χ0) is 18.8. The predicted molar refractivity (Wildman–Crippen MR) is 105 cm³/mol. The average molecular weight is 415 g/mol. The Balaban J connectivity index is 0.00000261. The van der Waals surface area contributed by atoms with Crippen LogP contribution in [0.15, 0.2) is 23.1 Å². The van der Waals surface area contributed by atoms with Gasteiger partial charge in [-0.3, -0.25) is 19.7 Å². The molecule has 2 atom stereocenters. The van der Waals surface area contributed by atoms with E-state index in [4.69, 9.17) is 5.73 Å². The molecule has 27 heavy (non-hydrogen) atoms. The third kappa shape index (κ3) is 4.91. The van der Waals surface area contributed by atoms with Crippen LogP contribution < -0.4 is 11.1 Å². The summed E-state index contributed by atoms with van der Waals surface area (Å²) in [5.74, 6) is -0.650. The van der Waals surface area contributed by atoms with Crippen molar-refractivity contribution in [3.63, 3.8) is 0 Å². The third-order valence-corrected chi connectivity index (χ3v) is 6.23. The number of hydrogen-bond acceptors (Lipinski definition) is 6. The number of carbonyl (C=O) groups is 2. The Kier molecular flexibility index (Phi) is 7.07. The smallest absolute Gasteiger partial charge is 0.283 e. The van der Waals surface area contributed by atoms with E-state index in [9.17, 15) is 19.7 Å². The van der Waals surface area contributed by atoms with Crippen LogP contribution in [0.2, 0.25) is 0 Å². The number of fused-ring (bicyclic) bond motifs is 2. The van der Waals surface area contributed by atoms with Crippen LogP contribution >= 0.6 is 24.2 Å². The molecule has 2 saturated heterocycles. The number of primary amides is 1. The van der Waals surface area contributed by atoms with Gasteiger partial charge in [0.15, 0.2) is 0 Å². The Morgan fingerprint density at radius 2 is 1.96 bits per heavy atom. The number of hydrogen-bond donors (Lipinski definition) is 2. The maximum atomic E-state index is 12.5. The highest BCUT2D eigenvalue weighted by molar-refractivity contribution is 8.00. The third-order valence-electron chi connectivity index (χ3n) is 5.18. The maximum absolute atomic E-state index is 12.5. The average Bonchev–Trinajstić information content (AvgIpc) is 2.96. The monoisotopic (exact) mass is 414 g/mol. The largest absolute Gasteiger partial charge is 0.366 e. The molecule has 2 heterocycles. The molecule has 0 radical (unpaired) electrons. The van der Waals surface area contributed by atoms with Crippen LogP contribution in [-0.4, -0.2) is 52.6 Å². The molecule has 0 aromatic heterocycles. The molecule has 1 aromatic rings. The number of nitro benzene ring substituents is 1. The van der Waals surface area contributed by atoms with Gasteiger partial charge < -0.3 is 16.0 Å². The van der Waals surface area contributed by atoms with E-state index in [0.717, 1.165) is 43.5 Å². The molecule has 1 aromatic carbocycles. The lowest BCUT2D eigenvalue weighted by atomic mass is 9.98. The summed E-state index contributed by atoms with van der Waals surface area (Å²) in [5, 5.41) is 14.8. The molecule has 2 amide bonds. The number of nitro groups is 1. The van der Waals surface area contributed by atoms with E-state index < -0.39 is 10.8 Å². The molecular formula is C17H23ClN4O4S. The maximum Gasteiger partial charge on any atom is 0.283 e. The first-order valence-corrected chi connectivity index (χ1v) is 9.56. The number of thioether (sulfide) groups is 1. The Bertz CT molecular complexity index is 736. The van der Waals surface area contributed by atoms with Crippen molar-refractivity contribution in [2.24, 2.45) is 5.73 Å². The zero-order valence-electron chi connectivity index (χ0n) is 14.9. The number of carbonyl (C=O) groups excluding carboxylic acids is 2. The highest BCUT2D eigenvalue weighted by Gasteiger charge is 2.36. The molecule has 2 unspecified atom stereocenters. The van der Waals surface area contributed by atoms with Gasteiger partial charge in [0.25, 0.3) is 5.69 Å². The van der Waals surface area contributed by atoms with E-state index in [2.05, 4.69) is 5.32 Å². The minimum absolute atomic E-state index is 0. The molecule has 3 N–H and O–H groups in total. The summed E-state index contributed by atoms with van der Waals surface area (Å²) in [6, 6.07) is 5.27. The molecule has 2 fully saturated rings. The summed E-state index contributed by atoms with van der Waals surface area (Å²) in [6.07, 6.45) is 4.24. The van der Waals surface area contributed by atoms with E-state index in [-0.39, 0.29) is 41.4 Å². The molecule has 0 saturated carbocycles. The van der Waals surface area contributed by atoms with Gasteiger partial charge in [0.1, 0.15) is 0 Å². The molecule has 2 aliphatic rings. The van der Waals surface area contributed by atoms with Gasteiger partial charge in [-0.1, -0.05) is 0 Å². The fourth-order valence-corrected chi connectivity index (χ4v) is 4.65. The van der Waals surface area contributed by atoms with E-state index in [1.165, 1.54) is 12.1 Å². The molecule has 2 aliphatic heterocycles. The normalized spacial score (nSPS) is 23.4. The van der Waals surface area contributed by atoms with Gasteiger partial charge in [-0.25, -0.2) is 0 Å². The van der Waals surface area contributed by atoms with Crippen molar-refractivity contribution in [3.05, 3.63) is 33.9 Å². The molecule has 8 nitrogen and oxygen atoms in total. The van der Waals surface area contributed by atoms with Crippen LogP contribution in [0, 0.1) is 10.1 Å². The minimum Gasteiger partial charge on any atom is -0.366 e. The van der Waals surface area contributed by atoms with Crippen molar-refractivity contribution in [2.75, 3.05) is 12.8 Å². The SMILES string of the molecule is CN(C(=O)CSc1ccc(C(N)=O)cc1[N+](=O)[O-])C1CC2CCC(C1)N2.Cl. The number of piperidine rings is 1. The van der Waals surface area contributed by atoms with E-state index >= 15 is 0 Å². The second-order valence-electron chi connectivity index (χ2n) is 6.86. The van der Waals surface area contributed by atoms with Gasteiger partial charge in [0, 0.05) is 36.8 Å². The van der Waals surface area contributed by atoms with E-state index in [0.29, 0.717) is 17.0 Å². The lowest BCUT2D eigenvalue weighted by Gasteiger charge is -2.35. The lowest BCUT2D eigenvalue weighted by molar-refractivity contribution is -0.387. The summed E-state index contributed by atoms with van der Waals surface area (Å²) < 4.78 is 0. The molecule has 0 aliphatic carbocycles. The van der Waals surface area contributed by atoms with Crippen molar-refractivity contribution < 1.29 is 14.5 Å². The van der Waals surface area contributed by atoms with Gasteiger partial charge in [0.2, 0.25) is 11.8 Å². The van der Waals surface area contributed by atoms with Crippen LogP contribution in [0.25, 0.3) is 0 Å². The molecule has 3 rings (SSSR count). The summed E-state index contributed by atoms with van der Waals surface area (Å²) >= 11 is 1.11. The molecule has 148 valence electrons. The zero-order valence-corrected chi connectivity index (χ0v) is 16.6. The van der Waals surface area contributed by atoms with Gasteiger partial charge in [0.05, 0.1) is 15.6 Å². The topological polar surface area (TPSA) is 119 Å². The van der Waals surface area contributed by atoms with Crippen LogP contribution in [0.4, 0.5) is 5.69 Å². The van der Waals surface area contributed by atoms with Crippen molar-refractivity contribution in [1.82, 2.24) is 10.2 Å². The van der Waals surface area contributed by atoms with Crippen LogP contribution in [0.3, 0.4) is 0 Å². The van der Waals surface area contributed by atoms with Crippen molar-refractivity contribution >= 4 is 41.7 Å².